The number of H-pyrrole nitrogens is 1. The zero-order chi connectivity index (χ0) is 21.2. The summed E-state index contributed by atoms with van der Waals surface area (Å²) in [5, 5.41) is 7.83. The molecule has 0 spiro atoms. The third-order valence-corrected chi connectivity index (χ3v) is 5.93. The summed E-state index contributed by atoms with van der Waals surface area (Å²) in [7, 11) is 0. The van der Waals surface area contributed by atoms with Gasteiger partial charge in [0.25, 0.3) is 5.91 Å². The topological polar surface area (TPSA) is 86.9 Å². The lowest BCUT2D eigenvalue weighted by Crippen LogP contribution is -2.27. The van der Waals surface area contributed by atoms with Gasteiger partial charge in [-0.3, -0.25) is 9.59 Å². The molecule has 0 aliphatic heterocycles. The van der Waals surface area contributed by atoms with Crippen molar-refractivity contribution in [3.05, 3.63) is 72.1 Å². The standard InChI is InChI=1S/C25H24N4O2/c30-23(12-13-26-25(31)19-9-8-16-4-1-2-5-18(16)14-19)27-20-10-11-21-22(15-20)29-24(28-21)17-6-3-7-17/h1-2,4-5,8-11,14-15,17H,3,6-7,12-13H2,(H,26,31)(H,27,30)(H,28,29). The SMILES string of the molecule is O=C(CCNC(=O)c1ccc2ccccc2c1)Nc1ccc2nc(C3CCC3)[nH]c2c1. The number of aromatic amines is 1. The zero-order valence-corrected chi connectivity index (χ0v) is 17.2. The summed E-state index contributed by atoms with van der Waals surface area (Å²) in [5.74, 6) is 1.26. The Labute approximate surface area is 180 Å². The molecule has 0 saturated heterocycles. The first-order valence-corrected chi connectivity index (χ1v) is 10.7. The maximum Gasteiger partial charge on any atom is 0.251 e. The number of benzene rings is 3. The Bertz CT molecular complexity index is 1270. The molecular formula is C25H24N4O2. The van der Waals surface area contributed by atoms with Gasteiger partial charge >= 0.3 is 0 Å². The molecule has 0 unspecified atom stereocenters. The lowest BCUT2D eigenvalue weighted by Gasteiger charge is -2.22. The van der Waals surface area contributed by atoms with E-state index in [1.165, 1.54) is 19.3 Å². The Morgan fingerprint density at radius 3 is 2.65 bits per heavy atom. The number of hydrogen-bond donors (Lipinski definition) is 3. The van der Waals surface area contributed by atoms with E-state index < -0.39 is 0 Å². The van der Waals surface area contributed by atoms with E-state index in [2.05, 4.69) is 20.6 Å². The second-order valence-electron chi connectivity index (χ2n) is 8.10. The predicted octanol–water partition coefficient (Wildman–Crippen LogP) is 4.74. The molecule has 0 bridgehead atoms. The summed E-state index contributed by atoms with van der Waals surface area (Å²) >= 11 is 0. The number of fused-ring (bicyclic) bond motifs is 2. The highest BCUT2D eigenvalue weighted by atomic mass is 16.2. The largest absolute Gasteiger partial charge is 0.352 e. The Hall–Kier alpha value is -3.67. The predicted molar refractivity (Wildman–Crippen MR) is 122 cm³/mol. The smallest absolute Gasteiger partial charge is 0.251 e. The summed E-state index contributed by atoms with van der Waals surface area (Å²) in [4.78, 5) is 32.8. The van der Waals surface area contributed by atoms with Gasteiger partial charge in [-0.05, 0) is 53.9 Å². The van der Waals surface area contributed by atoms with Crippen LogP contribution in [0.4, 0.5) is 5.69 Å². The van der Waals surface area contributed by atoms with Gasteiger partial charge < -0.3 is 15.6 Å². The van der Waals surface area contributed by atoms with Crippen LogP contribution in [-0.2, 0) is 4.79 Å². The van der Waals surface area contributed by atoms with Crippen LogP contribution in [-0.4, -0.2) is 28.3 Å². The first-order valence-electron chi connectivity index (χ1n) is 10.7. The van der Waals surface area contributed by atoms with Gasteiger partial charge in [0.15, 0.2) is 0 Å². The maximum absolute atomic E-state index is 12.4. The minimum atomic E-state index is -0.180. The zero-order valence-electron chi connectivity index (χ0n) is 17.2. The number of imidazole rings is 1. The fourth-order valence-corrected chi connectivity index (χ4v) is 3.93. The van der Waals surface area contributed by atoms with Crippen molar-refractivity contribution >= 4 is 39.3 Å². The molecule has 1 aliphatic carbocycles. The number of hydrogen-bond acceptors (Lipinski definition) is 3. The van der Waals surface area contributed by atoms with Crippen LogP contribution in [0.2, 0.25) is 0 Å². The van der Waals surface area contributed by atoms with Gasteiger partial charge in [0.2, 0.25) is 5.91 Å². The number of rotatable bonds is 6. The summed E-state index contributed by atoms with van der Waals surface area (Å²) < 4.78 is 0. The highest BCUT2D eigenvalue weighted by Gasteiger charge is 2.22. The van der Waals surface area contributed by atoms with Crippen LogP contribution >= 0.6 is 0 Å². The van der Waals surface area contributed by atoms with Gasteiger partial charge in [0.1, 0.15) is 5.82 Å². The molecule has 0 atom stereocenters. The van der Waals surface area contributed by atoms with Crippen LogP contribution in [0.15, 0.2) is 60.7 Å². The quantitative estimate of drug-likeness (QED) is 0.427. The fourth-order valence-electron chi connectivity index (χ4n) is 3.93. The van der Waals surface area contributed by atoms with Crippen LogP contribution in [0.25, 0.3) is 21.8 Å². The Kier molecular flexibility index (Phi) is 5.12. The molecule has 4 aromatic rings. The van der Waals surface area contributed by atoms with Gasteiger partial charge in [-0.15, -0.1) is 0 Å². The van der Waals surface area contributed by atoms with E-state index >= 15 is 0 Å². The molecule has 6 heteroatoms. The lowest BCUT2D eigenvalue weighted by atomic mass is 9.85. The lowest BCUT2D eigenvalue weighted by molar-refractivity contribution is -0.116. The number of nitrogens with zero attached hydrogens (tertiary/aromatic N) is 1. The van der Waals surface area contributed by atoms with Gasteiger partial charge in [0, 0.05) is 30.1 Å². The van der Waals surface area contributed by atoms with E-state index in [0.717, 1.165) is 33.3 Å². The second-order valence-corrected chi connectivity index (χ2v) is 8.10. The highest BCUT2D eigenvalue weighted by Crippen LogP contribution is 2.35. The van der Waals surface area contributed by atoms with Crippen molar-refractivity contribution in [2.75, 3.05) is 11.9 Å². The van der Waals surface area contributed by atoms with Crippen LogP contribution < -0.4 is 10.6 Å². The first-order chi connectivity index (χ1) is 15.2. The molecule has 3 aromatic carbocycles. The molecule has 0 radical (unpaired) electrons. The average Bonchev–Trinajstić information content (AvgIpc) is 3.14. The first kappa shape index (κ1) is 19.3. The summed E-state index contributed by atoms with van der Waals surface area (Å²) in [6.07, 6.45) is 3.84. The van der Waals surface area contributed by atoms with Crippen molar-refractivity contribution < 1.29 is 9.59 Å². The number of aromatic nitrogens is 2. The number of anilines is 1. The molecule has 1 saturated carbocycles. The monoisotopic (exact) mass is 412 g/mol. The summed E-state index contributed by atoms with van der Waals surface area (Å²) in [5.41, 5.74) is 3.17. The molecule has 31 heavy (non-hydrogen) atoms. The fraction of sp³-hybridized carbons (Fsp3) is 0.240. The van der Waals surface area contributed by atoms with E-state index in [9.17, 15) is 9.59 Å². The number of carbonyl (C=O) groups is 2. The molecule has 6 nitrogen and oxygen atoms in total. The van der Waals surface area contributed by atoms with Crippen molar-refractivity contribution in [3.8, 4) is 0 Å². The van der Waals surface area contributed by atoms with E-state index in [0.29, 0.717) is 11.5 Å². The molecule has 1 heterocycles. The minimum absolute atomic E-state index is 0.142. The van der Waals surface area contributed by atoms with Gasteiger partial charge in [0.05, 0.1) is 11.0 Å². The van der Waals surface area contributed by atoms with Crippen LogP contribution in [0, 0.1) is 0 Å². The normalized spacial score (nSPS) is 13.8. The summed E-state index contributed by atoms with van der Waals surface area (Å²) in [6, 6.07) is 19.2. The number of nitrogens with one attached hydrogen (secondary N) is 3. The third kappa shape index (κ3) is 4.14. The second kappa shape index (κ2) is 8.22. The molecule has 5 rings (SSSR count). The van der Waals surface area contributed by atoms with Gasteiger partial charge in [-0.2, -0.15) is 0 Å². The molecule has 1 aliphatic rings. The molecule has 156 valence electrons. The van der Waals surface area contributed by atoms with E-state index in [-0.39, 0.29) is 24.8 Å². The number of amides is 2. The van der Waals surface area contributed by atoms with E-state index in [1.54, 1.807) is 6.07 Å². The molecule has 3 N–H and O–H groups in total. The number of carbonyl (C=O) groups excluding carboxylic acids is 2. The molecular weight excluding hydrogens is 388 g/mol. The van der Waals surface area contributed by atoms with E-state index in [1.807, 2.05) is 54.6 Å². The van der Waals surface area contributed by atoms with E-state index in [4.69, 9.17) is 0 Å². The Morgan fingerprint density at radius 2 is 1.84 bits per heavy atom. The van der Waals surface area contributed by atoms with Gasteiger partial charge in [-0.1, -0.05) is 36.8 Å². The van der Waals surface area contributed by atoms with Crippen molar-refractivity contribution in [2.45, 2.75) is 31.6 Å². The molecule has 1 fully saturated rings. The van der Waals surface area contributed by atoms with Crippen LogP contribution in [0.1, 0.15) is 47.8 Å². The van der Waals surface area contributed by atoms with Crippen molar-refractivity contribution in [1.29, 1.82) is 0 Å². The van der Waals surface area contributed by atoms with Crippen LogP contribution in [0.3, 0.4) is 0 Å². The van der Waals surface area contributed by atoms with Crippen molar-refractivity contribution in [2.24, 2.45) is 0 Å². The van der Waals surface area contributed by atoms with Crippen molar-refractivity contribution in [1.82, 2.24) is 15.3 Å². The van der Waals surface area contributed by atoms with Crippen LogP contribution in [0.5, 0.6) is 0 Å². The Morgan fingerprint density at radius 1 is 1.00 bits per heavy atom. The summed E-state index contributed by atoms with van der Waals surface area (Å²) in [6.45, 7) is 0.273. The average molecular weight is 412 g/mol. The third-order valence-electron chi connectivity index (χ3n) is 5.93. The molecule has 2 amide bonds. The maximum atomic E-state index is 12.4. The highest BCUT2D eigenvalue weighted by molar-refractivity contribution is 5.99. The minimum Gasteiger partial charge on any atom is -0.352 e. The Balaban J connectivity index is 1.15. The van der Waals surface area contributed by atoms with Crippen molar-refractivity contribution in [3.63, 3.8) is 0 Å². The molecule has 1 aromatic heterocycles. The van der Waals surface area contributed by atoms with Gasteiger partial charge in [-0.25, -0.2) is 4.98 Å².